The van der Waals surface area contributed by atoms with E-state index in [1.54, 1.807) is 0 Å². The van der Waals surface area contributed by atoms with E-state index >= 15 is 0 Å². The van der Waals surface area contributed by atoms with Gasteiger partial charge in [-0.2, -0.15) is 0 Å². The Morgan fingerprint density at radius 2 is 1.78 bits per heavy atom. The fourth-order valence-corrected chi connectivity index (χ4v) is 2.63. The molecule has 1 atom stereocenters. The highest BCUT2D eigenvalue weighted by Crippen LogP contribution is 2.27. The summed E-state index contributed by atoms with van der Waals surface area (Å²) in [6.45, 7) is 8.57. The SMILES string of the molecule is CC1(CN2CCN(c3ccc(Cl)cc3)CC2)CO1. The number of piperazine rings is 1. The molecule has 2 heterocycles. The predicted molar refractivity (Wildman–Crippen MR) is 74.5 cm³/mol. The molecule has 1 unspecified atom stereocenters. The highest BCUT2D eigenvalue weighted by atomic mass is 35.5. The lowest BCUT2D eigenvalue weighted by atomic mass is 10.1. The van der Waals surface area contributed by atoms with E-state index in [0.717, 1.165) is 44.4 Å². The zero-order valence-electron chi connectivity index (χ0n) is 10.7. The zero-order valence-corrected chi connectivity index (χ0v) is 11.5. The maximum Gasteiger partial charge on any atom is 0.101 e. The molecule has 2 aliphatic rings. The standard InChI is InChI=1S/C14H19ClN2O/c1-14(11-18-14)10-16-6-8-17(9-7-16)13-4-2-12(15)3-5-13/h2-5H,6-11H2,1H3. The van der Waals surface area contributed by atoms with Crippen LogP contribution >= 0.6 is 11.6 Å². The quantitative estimate of drug-likeness (QED) is 0.782. The Morgan fingerprint density at radius 1 is 1.17 bits per heavy atom. The third kappa shape index (κ3) is 2.79. The smallest absolute Gasteiger partial charge is 0.101 e. The van der Waals surface area contributed by atoms with Crippen molar-refractivity contribution in [1.82, 2.24) is 4.90 Å². The van der Waals surface area contributed by atoms with Crippen molar-refractivity contribution >= 4 is 17.3 Å². The van der Waals surface area contributed by atoms with Crippen LogP contribution < -0.4 is 4.90 Å². The highest BCUT2D eigenvalue weighted by molar-refractivity contribution is 6.30. The second-order valence-electron chi connectivity index (χ2n) is 5.48. The number of halogens is 1. The fourth-order valence-electron chi connectivity index (χ4n) is 2.50. The number of hydrogen-bond donors (Lipinski definition) is 0. The molecule has 2 aliphatic heterocycles. The Hall–Kier alpha value is -0.770. The largest absolute Gasteiger partial charge is 0.369 e. The van der Waals surface area contributed by atoms with Crippen molar-refractivity contribution in [1.29, 1.82) is 0 Å². The van der Waals surface area contributed by atoms with Gasteiger partial charge in [-0.1, -0.05) is 11.6 Å². The second-order valence-corrected chi connectivity index (χ2v) is 5.91. The van der Waals surface area contributed by atoms with Gasteiger partial charge >= 0.3 is 0 Å². The molecule has 3 rings (SSSR count). The first-order valence-corrected chi connectivity index (χ1v) is 6.89. The van der Waals surface area contributed by atoms with E-state index in [2.05, 4.69) is 28.9 Å². The minimum atomic E-state index is 0.141. The van der Waals surface area contributed by atoms with Crippen LogP contribution in [0.25, 0.3) is 0 Å². The molecule has 3 nitrogen and oxygen atoms in total. The van der Waals surface area contributed by atoms with Gasteiger partial charge in [0.25, 0.3) is 0 Å². The normalized spacial score (nSPS) is 28.4. The van der Waals surface area contributed by atoms with Gasteiger partial charge in [-0.25, -0.2) is 0 Å². The number of hydrogen-bond acceptors (Lipinski definition) is 3. The Kier molecular flexibility index (Phi) is 3.22. The Balaban J connectivity index is 1.54. The molecule has 0 amide bonds. The Bertz CT molecular complexity index is 408. The van der Waals surface area contributed by atoms with Crippen molar-refractivity contribution in [3.05, 3.63) is 29.3 Å². The van der Waals surface area contributed by atoms with E-state index in [9.17, 15) is 0 Å². The summed E-state index contributed by atoms with van der Waals surface area (Å²) in [7, 11) is 0. The minimum Gasteiger partial charge on any atom is -0.369 e. The van der Waals surface area contributed by atoms with Gasteiger partial charge < -0.3 is 9.64 Å². The van der Waals surface area contributed by atoms with Crippen molar-refractivity contribution in [2.75, 3.05) is 44.2 Å². The predicted octanol–water partition coefficient (Wildman–Crippen LogP) is 2.25. The summed E-state index contributed by atoms with van der Waals surface area (Å²) in [6.07, 6.45) is 0. The van der Waals surface area contributed by atoms with Gasteiger partial charge in [-0.05, 0) is 31.2 Å². The van der Waals surface area contributed by atoms with E-state index in [4.69, 9.17) is 16.3 Å². The maximum atomic E-state index is 5.91. The van der Waals surface area contributed by atoms with Crippen LogP contribution in [0, 0.1) is 0 Å². The molecule has 0 spiro atoms. The molecule has 0 radical (unpaired) electrons. The summed E-state index contributed by atoms with van der Waals surface area (Å²) in [5, 5.41) is 0.802. The fraction of sp³-hybridized carbons (Fsp3) is 0.571. The summed E-state index contributed by atoms with van der Waals surface area (Å²) in [4.78, 5) is 4.92. The first-order chi connectivity index (χ1) is 8.65. The summed E-state index contributed by atoms with van der Waals surface area (Å²) in [5.74, 6) is 0. The van der Waals surface area contributed by atoms with Gasteiger partial charge in [-0.15, -0.1) is 0 Å². The van der Waals surface area contributed by atoms with Crippen LogP contribution in [-0.4, -0.2) is 49.8 Å². The van der Waals surface area contributed by atoms with E-state index in [0.29, 0.717) is 0 Å². The lowest BCUT2D eigenvalue weighted by molar-refractivity contribution is 0.188. The molecule has 98 valence electrons. The third-order valence-electron chi connectivity index (χ3n) is 3.76. The number of rotatable bonds is 3. The number of ether oxygens (including phenoxy) is 1. The third-order valence-corrected chi connectivity index (χ3v) is 4.01. The molecule has 1 aromatic rings. The average molecular weight is 267 g/mol. The van der Waals surface area contributed by atoms with Crippen LogP contribution in [-0.2, 0) is 4.74 Å². The Labute approximate surface area is 113 Å². The van der Waals surface area contributed by atoms with Crippen LogP contribution in [0.15, 0.2) is 24.3 Å². The van der Waals surface area contributed by atoms with Crippen molar-refractivity contribution < 1.29 is 4.74 Å². The van der Waals surface area contributed by atoms with Gasteiger partial charge in [-0.3, -0.25) is 4.90 Å². The first kappa shape index (κ1) is 12.3. The van der Waals surface area contributed by atoms with Crippen LogP contribution in [0.3, 0.4) is 0 Å². The molecule has 0 bridgehead atoms. The summed E-state index contributed by atoms with van der Waals surface area (Å²) < 4.78 is 5.45. The van der Waals surface area contributed by atoms with Crippen LogP contribution in [0.1, 0.15) is 6.92 Å². The van der Waals surface area contributed by atoms with Gasteiger partial charge in [0.15, 0.2) is 0 Å². The van der Waals surface area contributed by atoms with Gasteiger partial charge in [0.05, 0.1) is 6.61 Å². The lowest BCUT2D eigenvalue weighted by Crippen LogP contribution is -2.48. The van der Waals surface area contributed by atoms with Crippen LogP contribution in [0.2, 0.25) is 5.02 Å². The topological polar surface area (TPSA) is 19.0 Å². The summed E-state index contributed by atoms with van der Waals surface area (Å²) >= 11 is 5.91. The first-order valence-electron chi connectivity index (χ1n) is 6.52. The van der Waals surface area contributed by atoms with Gasteiger partial charge in [0.1, 0.15) is 5.60 Å². The molecule has 2 saturated heterocycles. The molecule has 18 heavy (non-hydrogen) atoms. The van der Waals surface area contributed by atoms with Gasteiger partial charge in [0.2, 0.25) is 0 Å². The molecule has 4 heteroatoms. The molecule has 0 N–H and O–H groups in total. The van der Waals surface area contributed by atoms with Crippen molar-refractivity contribution in [3.63, 3.8) is 0 Å². The molecule has 0 aliphatic carbocycles. The lowest BCUT2D eigenvalue weighted by Gasteiger charge is -2.36. The van der Waals surface area contributed by atoms with Crippen molar-refractivity contribution in [2.24, 2.45) is 0 Å². The van der Waals surface area contributed by atoms with E-state index in [1.165, 1.54) is 5.69 Å². The molecule has 0 saturated carbocycles. The van der Waals surface area contributed by atoms with E-state index in [-0.39, 0.29) is 5.60 Å². The maximum absolute atomic E-state index is 5.91. The van der Waals surface area contributed by atoms with Gasteiger partial charge in [0, 0.05) is 43.4 Å². The second kappa shape index (κ2) is 4.72. The number of epoxide rings is 1. The highest BCUT2D eigenvalue weighted by Gasteiger charge is 2.41. The minimum absolute atomic E-state index is 0.141. The molecular weight excluding hydrogens is 248 g/mol. The summed E-state index contributed by atoms with van der Waals surface area (Å²) in [5.41, 5.74) is 1.41. The molecule has 0 aromatic heterocycles. The average Bonchev–Trinajstić information content (AvgIpc) is 3.09. The van der Waals surface area contributed by atoms with E-state index in [1.807, 2.05) is 12.1 Å². The Morgan fingerprint density at radius 3 is 2.33 bits per heavy atom. The van der Waals surface area contributed by atoms with Crippen molar-refractivity contribution in [3.8, 4) is 0 Å². The monoisotopic (exact) mass is 266 g/mol. The molecule has 2 fully saturated rings. The molecular formula is C14H19ClN2O. The summed E-state index contributed by atoms with van der Waals surface area (Å²) in [6, 6.07) is 8.12. The molecule has 1 aromatic carbocycles. The van der Waals surface area contributed by atoms with Crippen LogP contribution in [0.5, 0.6) is 0 Å². The number of nitrogens with zero attached hydrogens (tertiary/aromatic N) is 2. The number of anilines is 1. The van der Waals surface area contributed by atoms with E-state index < -0.39 is 0 Å². The number of benzene rings is 1. The van der Waals surface area contributed by atoms with Crippen LogP contribution in [0.4, 0.5) is 5.69 Å². The zero-order chi connectivity index (χ0) is 12.6. The van der Waals surface area contributed by atoms with Crippen molar-refractivity contribution in [2.45, 2.75) is 12.5 Å².